The molecule has 3 rings (SSSR count). The zero-order valence-corrected chi connectivity index (χ0v) is 16.3. The van der Waals surface area contributed by atoms with E-state index in [9.17, 15) is 0 Å². The molecule has 3 heteroatoms. The second kappa shape index (κ2) is 9.96. The first-order chi connectivity index (χ1) is 11.7. The van der Waals surface area contributed by atoms with Crippen LogP contribution in [0.3, 0.4) is 0 Å². The summed E-state index contributed by atoms with van der Waals surface area (Å²) in [5, 5.41) is 3.71. The molecule has 25 heavy (non-hydrogen) atoms. The fraction of sp³-hybridized carbons (Fsp3) is 0.455. The molecule has 0 aliphatic carbocycles. The van der Waals surface area contributed by atoms with E-state index in [0.29, 0.717) is 6.04 Å². The molecule has 2 nitrogen and oxygen atoms in total. The van der Waals surface area contributed by atoms with E-state index in [1.165, 1.54) is 48.1 Å². The Balaban J connectivity index is 0.00000225. The molecular weight excluding hydrogens is 328 g/mol. The van der Waals surface area contributed by atoms with Crippen LogP contribution in [0.25, 0.3) is 0 Å². The van der Waals surface area contributed by atoms with Gasteiger partial charge >= 0.3 is 0 Å². The van der Waals surface area contributed by atoms with Crippen LogP contribution in [-0.2, 0) is 13.1 Å². The number of nitrogens with zero attached hydrogens (tertiary/aromatic N) is 1. The van der Waals surface area contributed by atoms with Crippen LogP contribution in [0.2, 0.25) is 0 Å². The van der Waals surface area contributed by atoms with Gasteiger partial charge in [0.2, 0.25) is 0 Å². The molecule has 1 unspecified atom stereocenters. The van der Waals surface area contributed by atoms with Crippen molar-refractivity contribution in [1.29, 1.82) is 0 Å². The number of nitrogens with one attached hydrogen (secondary N) is 1. The van der Waals surface area contributed by atoms with Crippen molar-refractivity contribution in [2.75, 3.05) is 13.1 Å². The van der Waals surface area contributed by atoms with Crippen molar-refractivity contribution in [3.05, 3.63) is 70.8 Å². The Kier molecular flexibility index (Phi) is 7.95. The number of hydrogen-bond donors (Lipinski definition) is 1. The summed E-state index contributed by atoms with van der Waals surface area (Å²) in [6.07, 6.45) is 3.99. The van der Waals surface area contributed by atoms with E-state index in [4.69, 9.17) is 0 Å². The molecule has 1 fully saturated rings. The first-order valence-electron chi connectivity index (χ1n) is 9.27. The molecule has 0 aromatic heterocycles. The van der Waals surface area contributed by atoms with E-state index >= 15 is 0 Å². The summed E-state index contributed by atoms with van der Waals surface area (Å²) < 4.78 is 0. The smallest absolute Gasteiger partial charge is 0.0240 e. The minimum atomic E-state index is 0. The number of piperidine rings is 1. The van der Waals surface area contributed by atoms with Crippen molar-refractivity contribution in [2.45, 2.75) is 52.2 Å². The van der Waals surface area contributed by atoms with Crippen LogP contribution in [0.1, 0.15) is 41.5 Å². The predicted molar refractivity (Wildman–Crippen MR) is 109 cm³/mol. The minimum absolute atomic E-state index is 0. The number of aryl methyl sites for hydroxylation is 2. The zero-order chi connectivity index (χ0) is 16.8. The van der Waals surface area contributed by atoms with Gasteiger partial charge in [0.25, 0.3) is 0 Å². The van der Waals surface area contributed by atoms with E-state index in [-0.39, 0.29) is 12.4 Å². The summed E-state index contributed by atoms with van der Waals surface area (Å²) in [7, 11) is 0. The number of halogens is 1. The van der Waals surface area contributed by atoms with Crippen LogP contribution in [0.4, 0.5) is 0 Å². The summed E-state index contributed by atoms with van der Waals surface area (Å²) >= 11 is 0. The fourth-order valence-electron chi connectivity index (χ4n) is 3.63. The summed E-state index contributed by atoms with van der Waals surface area (Å²) in [5.41, 5.74) is 5.68. The molecule has 0 saturated carbocycles. The van der Waals surface area contributed by atoms with Crippen LogP contribution in [0.15, 0.2) is 48.5 Å². The third-order valence-electron chi connectivity index (χ3n) is 5.20. The molecule has 1 saturated heterocycles. The van der Waals surface area contributed by atoms with Gasteiger partial charge in [0.1, 0.15) is 0 Å². The molecule has 0 radical (unpaired) electrons. The predicted octanol–water partition coefficient (Wildman–Crippen LogP) is 4.87. The maximum Gasteiger partial charge on any atom is 0.0240 e. The highest BCUT2D eigenvalue weighted by Gasteiger charge is 2.18. The quantitative estimate of drug-likeness (QED) is 0.792. The van der Waals surface area contributed by atoms with Gasteiger partial charge in [-0.25, -0.2) is 0 Å². The normalized spacial score (nSPS) is 17.3. The fourth-order valence-corrected chi connectivity index (χ4v) is 3.63. The largest absolute Gasteiger partial charge is 0.313 e. The van der Waals surface area contributed by atoms with E-state index in [2.05, 4.69) is 72.6 Å². The lowest BCUT2D eigenvalue weighted by molar-refractivity contribution is 0.209. The first kappa shape index (κ1) is 20.0. The standard InChI is InChI=1S/C22H30N2.ClH/c1-18-9-3-5-11-20(18)15-24(17-22-13-7-8-14-23-22)16-21-12-6-4-10-19(21)2;/h3-6,9-12,22-23H,7-8,13-17H2,1-2H3;1H. The molecular formula is C22H31ClN2. The molecule has 2 aromatic rings. The van der Waals surface area contributed by atoms with Crippen LogP contribution in [0.5, 0.6) is 0 Å². The molecule has 0 bridgehead atoms. The Hall–Kier alpha value is -1.35. The van der Waals surface area contributed by atoms with E-state index in [0.717, 1.165) is 19.6 Å². The van der Waals surface area contributed by atoms with Crippen molar-refractivity contribution in [3.63, 3.8) is 0 Å². The summed E-state index contributed by atoms with van der Waals surface area (Å²) in [6.45, 7) is 8.80. The Morgan fingerprint density at radius 1 is 0.880 bits per heavy atom. The molecule has 2 aromatic carbocycles. The molecule has 1 N–H and O–H groups in total. The maximum atomic E-state index is 3.71. The van der Waals surface area contributed by atoms with E-state index in [1.807, 2.05) is 0 Å². The van der Waals surface area contributed by atoms with Crippen molar-refractivity contribution >= 4 is 12.4 Å². The van der Waals surface area contributed by atoms with Crippen LogP contribution >= 0.6 is 12.4 Å². The Bertz CT molecular complexity index is 602. The van der Waals surface area contributed by atoms with Crippen molar-refractivity contribution in [2.24, 2.45) is 0 Å². The molecule has 1 heterocycles. The zero-order valence-electron chi connectivity index (χ0n) is 15.5. The van der Waals surface area contributed by atoms with Gasteiger partial charge in [-0.05, 0) is 55.5 Å². The summed E-state index contributed by atoms with van der Waals surface area (Å²) in [5.74, 6) is 0. The van der Waals surface area contributed by atoms with Gasteiger partial charge < -0.3 is 5.32 Å². The number of benzene rings is 2. The lowest BCUT2D eigenvalue weighted by Crippen LogP contribution is -2.43. The third-order valence-corrected chi connectivity index (χ3v) is 5.20. The van der Waals surface area contributed by atoms with E-state index < -0.39 is 0 Å². The van der Waals surface area contributed by atoms with Crippen LogP contribution in [-0.4, -0.2) is 24.0 Å². The second-order valence-electron chi connectivity index (χ2n) is 7.17. The molecule has 136 valence electrons. The number of rotatable bonds is 6. The van der Waals surface area contributed by atoms with Gasteiger partial charge in [-0.15, -0.1) is 12.4 Å². The average Bonchev–Trinajstić information content (AvgIpc) is 2.60. The lowest BCUT2D eigenvalue weighted by atomic mass is 10.0. The van der Waals surface area contributed by atoms with Crippen LogP contribution in [0, 0.1) is 13.8 Å². The van der Waals surface area contributed by atoms with E-state index in [1.54, 1.807) is 0 Å². The van der Waals surface area contributed by atoms with Crippen molar-refractivity contribution < 1.29 is 0 Å². The number of hydrogen-bond acceptors (Lipinski definition) is 2. The molecule has 0 spiro atoms. The lowest BCUT2D eigenvalue weighted by Gasteiger charge is -2.31. The Morgan fingerprint density at radius 2 is 1.44 bits per heavy atom. The highest BCUT2D eigenvalue weighted by molar-refractivity contribution is 5.85. The minimum Gasteiger partial charge on any atom is -0.313 e. The highest BCUT2D eigenvalue weighted by atomic mass is 35.5. The maximum absolute atomic E-state index is 3.71. The second-order valence-corrected chi connectivity index (χ2v) is 7.17. The van der Waals surface area contributed by atoms with Crippen molar-refractivity contribution in [3.8, 4) is 0 Å². The Labute approximate surface area is 159 Å². The topological polar surface area (TPSA) is 15.3 Å². The van der Waals surface area contributed by atoms with Crippen LogP contribution < -0.4 is 5.32 Å². The monoisotopic (exact) mass is 358 g/mol. The molecule has 1 atom stereocenters. The van der Waals surface area contributed by atoms with Gasteiger partial charge in [0.15, 0.2) is 0 Å². The van der Waals surface area contributed by atoms with Gasteiger partial charge in [-0.1, -0.05) is 55.0 Å². The van der Waals surface area contributed by atoms with Gasteiger partial charge in [0, 0.05) is 25.7 Å². The third kappa shape index (κ3) is 5.85. The first-order valence-corrected chi connectivity index (χ1v) is 9.27. The molecule has 0 amide bonds. The molecule has 1 aliphatic rings. The summed E-state index contributed by atoms with van der Waals surface area (Å²) in [4.78, 5) is 2.62. The summed E-state index contributed by atoms with van der Waals surface area (Å²) in [6, 6.07) is 18.2. The Morgan fingerprint density at radius 3 is 1.92 bits per heavy atom. The molecule has 1 aliphatic heterocycles. The highest BCUT2D eigenvalue weighted by Crippen LogP contribution is 2.18. The van der Waals surface area contributed by atoms with Gasteiger partial charge in [-0.3, -0.25) is 4.90 Å². The average molecular weight is 359 g/mol. The van der Waals surface area contributed by atoms with Crippen molar-refractivity contribution in [1.82, 2.24) is 10.2 Å². The SMILES string of the molecule is Cc1ccccc1CN(Cc1ccccc1C)CC1CCCCN1.Cl. The van der Waals surface area contributed by atoms with Gasteiger partial charge in [-0.2, -0.15) is 0 Å². The van der Waals surface area contributed by atoms with Gasteiger partial charge in [0.05, 0.1) is 0 Å².